The Morgan fingerprint density at radius 3 is 2.17 bits per heavy atom. The van der Waals surface area contributed by atoms with Gasteiger partial charge in [-0.25, -0.2) is 0 Å². The van der Waals surface area contributed by atoms with Gasteiger partial charge in [0.2, 0.25) is 11.8 Å². The largest absolute Gasteiger partial charge is 0.348 e. The van der Waals surface area contributed by atoms with Gasteiger partial charge in [-0.3, -0.25) is 9.59 Å². The van der Waals surface area contributed by atoms with Crippen LogP contribution in [0.5, 0.6) is 0 Å². The highest BCUT2D eigenvalue weighted by molar-refractivity contribution is 5.92. The molecule has 0 aromatic heterocycles. The lowest BCUT2D eigenvalue weighted by Gasteiger charge is -2.21. The summed E-state index contributed by atoms with van der Waals surface area (Å²) in [7, 11) is 0. The van der Waals surface area contributed by atoms with Gasteiger partial charge >= 0.3 is 0 Å². The van der Waals surface area contributed by atoms with E-state index >= 15 is 0 Å². The van der Waals surface area contributed by atoms with Gasteiger partial charge in [0.15, 0.2) is 0 Å². The van der Waals surface area contributed by atoms with Crippen molar-refractivity contribution in [3.8, 4) is 0 Å². The summed E-state index contributed by atoms with van der Waals surface area (Å²) in [5.41, 5.74) is 1.99. The molecule has 2 atom stereocenters. The van der Waals surface area contributed by atoms with Crippen molar-refractivity contribution in [1.82, 2.24) is 10.6 Å². The maximum atomic E-state index is 12.6. The van der Waals surface area contributed by atoms with Gasteiger partial charge in [-0.1, -0.05) is 67.2 Å². The fraction of sp³-hybridized carbons (Fsp3) is 0.200. The van der Waals surface area contributed by atoms with Crippen LogP contribution in [0.2, 0.25) is 0 Å². The maximum absolute atomic E-state index is 12.6. The van der Waals surface area contributed by atoms with Crippen LogP contribution in [0.3, 0.4) is 0 Å². The molecule has 0 radical (unpaired) electrons. The summed E-state index contributed by atoms with van der Waals surface area (Å²) < 4.78 is 0. The van der Waals surface area contributed by atoms with E-state index in [2.05, 4.69) is 17.2 Å². The zero-order chi connectivity index (χ0) is 17.4. The van der Waals surface area contributed by atoms with E-state index < -0.39 is 6.04 Å². The lowest BCUT2D eigenvalue weighted by atomic mass is 10.0. The quantitative estimate of drug-likeness (QED) is 0.770. The molecule has 0 saturated carbocycles. The topological polar surface area (TPSA) is 58.2 Å². The van der Waals surface area contributed by atoms with Crippen LogP contribution in [-0.4, -0.2) is 17.9 Å². The minimum atomic E-state index is -0.649. The summed E-state index contributed by atoms with van der Waals surface area (Å²) in [4.78, 5) is 24.3. The van der Waals surface area contributed by atoms with Crippen molar-refractivity contribution in [2.24, 2.45) is 0 Å². The summed E-state index contributed by atoms with van der Waals surface area (Å²) in [6, 6.07) is 18.5. The smallest absolute Gasteiger partial charge is 0.244 e. The molecule has 0 bridgehead atoms. The number of nitrogens with one attached hydrogen (secondary N) is 2. The Morgan fingerprint density at radius 1 is 1.00 bits per heavy atom. The summed E-state index contributed by atoms with van der Waals surface area (Å²) in [5, 5.41) is 5.66. The van der Waals surface area contributed by atoms with Crippen LogP contribution in [0.1, 0.15) is 24.1 Å². The van der Waals surface area contributed by atoms with Gasteiger partial charge in [0.05, 0.1) is 6.04 Å². The lowest BCUT2D eigenvalue weighted by Crippen LogP contribution is -2.48. The molecule has 2 aromatic rings. The van der Waals surface area contributed by atoms with Crippen molar-refractivity contribution < 1.29 is 9.59 Å². The Labute approximate surface area is 142 Å². The van der Waals surface area contributed by atoms with Crippen LogP contribution in [0, 0.1) is 0 Å². The first kappa shape index (κ1) is 17.5. The number of carbonyl (C=O) groups is 2. The van der Waals surface area contributed by atoms with Gasteiger partial charge in [0.25, 0.3) is 0 Å². The molecule has 0 aliphatic heterocycles. The molecule has 2 rings (SSSR count). The Hall–Kier alpha value is -2.88. The molecule has 24 heavy (non-hydrogen) atoms. The molecule has 4 heteroatoms. The van der Waals surface area contributed by atoms with Gasteiger partial charge < -0.3 is 10.6 Å². The SMILES string of the molecule is C=CC(=O)N[C@@H](Cc1ccccc1)C(=O)NC(C)c1ccccc1. The van der Waals surface area contributed by atoms with Crippen LogP contribution < -0.4 is 10.6 Å². The average molecular weight is 322 g/mol. The van der Waals surface area contributed by atoms with Crippen LogP contribution >= 0.6 is 0 Å². The van der Waals surface area contributed by atoms with E-state index in [-0.39, 0.29) is 17.9 Å². The van der Waals surface area contributed by atoms with E-state index in [9.17, 15) is 9.59 Å². The molecular weight excluding hydrogens is 300 g/mol. The Bertz CT molecular complexity index is 683. The van der Waals surface area contributed by atoms with Crippen molar-refractivity contribution in [3.05, 3.63) is 84.4 Å². The van der Waals surface area contributed by atoms with Crippen LogP contribution in [0.25, 0.3) is 0 Å². The molecule has 2 aromatic carbocycles. The zero-order valence-corrected chi connectivity index (χ0v) is 13.7. The highest BCUT2D eigenvalue weighted by atomic mass is 16.2. The van der Waals surface area contributed by atoms with Crippen molar-refractivity contribution in [3.63, 3.8) is 0 Å². The molecule has 0 aliphatic carbocycles. The molecule has 124 valence electrons. The van der Waals surface area contributed by atoms with Gasteiger partial charge in [0.1, 0.15) is 6.04 Å². The molecule has 1 unspecified atom stereocenters. The number of carbonyl (C=O) groups excluding carboxylic acids is 2. The maximum Gasteiger partial charge on any atom is 0.244 e. The van der Waals surface area contributed by atoms with Crippen LogP contribution in [0.4, 0.5) is 0 Å². The minimum Gasteiger partial charge on any atom is -0.348 e. The predicted octanol–water partition coefficient (Wildman–Crippen LogP) is 2.78. The standard InChI is InChI=1S/C20H22N2O2/c1-3-19(23)22-18(14-16-10-6-4-7-11-16)20(24)21-15(2)17-12-8-5-9-13-17/h3-13,15,18H,1,14H2,2H3,(H,21,24)(H,22,23)/t15?,18-/m0/s1. The van der Waals surface area contributed by atoms with Gasteiger partial charge in [0, 0.05) is 6.42 Å². The van der Waals surface area contributed by atoms with Crippen LogP contribution in [0.15, 0.2) is 73.3 Å². The summed E-state index contributed by atoms with van der Waals surface area (Å²) in [5.74, 6) is -0.580. The van der Waals surface area contributed by atoms with Crippen molar-refractivity contribution >= 4 is 11.8 Å². The Balaban J connectivity index is 2.08. The van der Waals surface area contributed by atoms with E-state index in [0.717, 1.165) is 11.1 Å². The highest BCUT2D eigenvalue weighted by Gasteiger charge is 2.22. The third-order valence-electron chi connectivity index (χ3n) is 3.76. The van der Waals surface area contributed by atoms with Gasteiger partial charge in [-0.15, -0.1) is 0 Å². The second-order valence-electron chi connectivity index (χ2n) is 5.60. The number of hydrogen-bond acceptors (Lipinski definition) is 2. The monoisotopic (exact) mass is 322 g/mol. The van der Waals surface area contributed by atoms with Crippen molar-refractivity contribution in [1.29, 1.82) is 0 Å². The Morgan fingerprint density at radius 2 is 1.58 bits per heavy atom. The normalized spacial score (nSPS) is 12.7. The Kier molecular flexibility index (Phi) is 6.32. The van der Waals surface area contributed by atoms with E-state index in [4.69, 9.17) is 0 Å². The number of benzene rings is 2. The first-order valence-electron chi connectivity index (χ1n) is 7.92. The lowest BCUT2D eigenvalue weighted by molar-refractivity contribution is -0.127. The molecule has 0 aliphatic rings. The zero-order valence-electron chi connectivity index (χ0n) is 13.7. The average Bonchev–Trinajstić information content (AvgIpc) is 2.62. The van der Waals surface area contributed by atoms with Crippen molar-refractivity contribution in [2.45, 2.75) is 25.4 Å². The predicted molar refractivity (Wildman–Crippen MR) is 95.3 cm³/mol. The third-order valence-corrected chi connectivity index (χ3v) is 3.76. The first-order chi connectivity index (χ1) is 11.6. The van der Waals surface area contributed by atoms with E-state index in [1.54, 1.807) is 0 Å². The van der Waals surface area contributed by atoms with E-state index in [1.165, 1.54) is 6.08 Å². The fourth-order valence-corrected chi connectivity index (χ4v) is 2.43. The summed E-state index contributed by atoms with van der Waals surface area (Å²) in [6.45, 7) is 5.36. The molecule has 4 nitrogen and oxygen atoms in total. The van der Waals surface area contributed by atoms with Gasteiger partial charge in [-0.05, 0) is 24.1 Å². The number of amides is 2. The number of hydrogen-bond donors (Lipinski definition) is 2. The third kappa shape index (κ3) is 5.09. The molecule has 2 amide bonds. The second-order valence-corrected chi connectivity index (χ2v) is 5.60. The minimum absolute atomic E-state index is 0.141. The van der Waals surface area contributed by atoms with Gasteiger partial charge in [-0.2, -0.15) is 0 Å². The summed E-state index contributed by atoms with van der Waals surface area (Å²) >= 11 is 0. The van der Waals surface area contributed by atoms with Crippen LogP contribution in [-0.2, 0) is 16.0 Å². The highest BCUT2D eigenvalue weighted by Crippen LogP contribution is 2.12. The molecule has 0 fully saturated rings. The van der Waals surface area contributed by atoms with E-state index in [1.807, 2.05) is 67.6 Å². The van der Waals surface area contributed by atoms with Crippen molar-refractivity contribution in [2.75, 3.05) is 0 Å². The molecule has 0 heterocycles. The van der Waals surface area contributed by atoms with E-state index in [0.29, 0.717) is 6.42 Å². The molecule has 2 N–H and O–H groups in total. The summed E-state index contributed by atoms with van der Waals surface area (Å²) in [6.07, 6.45) is 1.60. The first-order valence-corrected chi connectivity index (χ1v) is 7.92. The molecule has 0 spiro atoms. The molecule has 0 saturated heterocycles. The number of rotatable bonds is 7. The molecular formula is C20H22N2O2. The second kappa shape index (κ2) is 8.67. The fourth-order valence-electron chi connectivity index (χ4n) is 2.43.